The van der Waals surface area contributed by atoms with E-state index in [4.69, 9.17) is 19.7 Å². The fourth-order valence-electron chi connectivity index (χ4n) is 2.50. The molecule has 0 saturated carbocycles. The molecule has 1 rings (SSSR count). The summed E-state index contributed by atoms with van der Waals surface area (Å²) in [5, 5.41) is 15.8. The highest BCUT2D eigenvalue weighted by molar-refractivity contribution is 9.12. The van der Waals surface area contributed by atoms with Crippen molar-refractivity contribution in [2.75, 3.05) is 26.4 Å². The molecule has 2 N–H and O–H groups in total. The van der Waals surface area contributed by atoms with Crippen LogP contribution < -0.4 is 0 Å². The first-order valence-corrected chi connectivity index (χ1v) is 12.2. The molecule has 0 atom stereocenters. The third-order valence-electron chi connectivity index (χ3n) is 4.01. The molecule has 174 valence electrons. The van der Waals surface area contributed by atoms with Crippen molar-refractivity contribution in [1.29, 1.82) is 0 Å². The van der Waals surface area contributed by atoms with Gasteiger partial charge in [-0.05, 0) is 66.3 Å². The van der Waals surface area contributed by atoms with Gasteiger partial charge in [0.05, 0.1) is 13.2 Å². The summed E-state index contributed by atoms with van der Waals surface area (Å²) in [5.41, 5.74) is 0. The van der Waals surface area contributed by atoms with Crippen molar-refractivity contribution in [2.45, 2.75) is 76.4 Å². The van der Waals surface area contributed by atoms with Crippen molar-refractivity contribution >= 4 is 31.9 Å². The molecule has 6 heteroatoms. The van der Waals surface area contributed by atoms with E-state index < -0.39 is 5.79 Å². The SMILES string of the molecule is C=C.C=C(Br)CCCCCC#CC1(CCCCC(=C)Br)OCCCO1.OCCCO. The second-order valence-electron chi connectivity index (χ2n) is 6.71. The minimum absolute atomic E-state index is 0.0938. The molecule has 0 spiro atoms. The van der Waals surface area contributed by atoms with E-state index in [0.717, 1.165) is 73.5 Å². The normalized spacial score (nSPS) is 14.1. The third kappa shape index (κ3) is 20.8. The van der Waals surface area contributed by atoms with Crippen LogP contribution >= 0.6 is 31.9 Å². The van der Waals surface area contributed by atoms with E-state index in [0.29, 0.717) is 6.42 Å². The van der Waals surface area contributed by atoms with Gasteiger partial charge in [-0.15, -0.1) is 13.2 Å². The molecule has 1 heterocycles. The number of hydrogen-bond acceptors (Lipinski definition) is 4. The standard InChI is InChI=1S/C19H28Br2O2.C3H8O2.C2H4/c1-17(20)11-6-4-3-5-8-13-19(22-15-10-16-23-19)14-9-7-12-18(2)21;4-2-1-3-5;1-2/h1-7,9-12,14-16H2;4-5H,1-3H2;1-2H2. The molecule has 1 aliphatic heterocycles. The van der Waals surface area contributed by atoms with Gasteiger partial charge in [0.15, 0.2) is 0 Å². The quantitative estimate of drug-likeness (QED) is 0.163. The minimum Gasteiger partial charge on any atom is -0.396 e. The molecule has 0 aromatic heterocycles. The zero-order valence-electron chi connectivity index (χ0n) is 18.4. The summed E-state index contributed by atoms with van der Waals surface area (Å²) in [6.45, 7) is 15.4. The van der Waals surface area contributed by atoms with E-state index in [1.54, 1.807) is 0 Å². The van der Waals surface area contributed by atoms with Gasteiger partial charge in [0, 0.05) is 26.1 Å². The highest BCUT2D eigenvalue weighted by Gasteiger charge is 2.32. The summed E-state index contributed by atoms with van der Waals surface area (Å²) in [4.78, 5) is 0. The van der Waals surface area contributed by atoms with Crippen molar-refractivity contribution in [2.24, 2.45) is 0 Å². The van der Waals surface area contributed by atoms with Crippen LogP contribution in [0.1, 0.15) is 70.6 Å². The molecule has 0 aromatic carbocycles. The highest BCUT2D eigenvalue weighted by Crippen LogP contribution is 2.26. The lowest BCUT2D eigenvalue weighted by molar-refractivity contribution is -0.233. The number of unbranched alkanes of at least 4 members (excludes halogenated alkanes) is 4. The maximum Gasteiger partial charge on any atom is 0.233 e. The molecule has 0 amide bonds. The van der Waals surface area contributed by atoms with E-state index in [1.165, 1.54) is 12.8 Å². The lowest BCUT2D eigenvalue weighted by atomic mass is 10.1. The maximum absolute atomic E-state index is 7.91. The topological polar surface area (TPSA) is 58.9 Å². The molecule has 1 saturated heterocycles. The van der Waals surface area contributed by atoms with E-state index in [9.17, 15) is 0 Å². The molecule has 0 unspecified atom stereocenters. The average molecular weight is 552 g/mol. The van der Waals surface area contributed by atoms with Crippen LogP contribution in [-0.4, -0.2) is 42.4 Å². The number of aliphatic hydroxyl groups is 2. The molecule has 1 aliphatic rings. The first kappa shape index (κ1) is 31.8. The Bertz CT molecular complexity index is 489. The number of allylic oxidation sites excluding steroid dienone is 2. The number of hydrogen-bond donors (Lipinski definition) is 2. The molecular formula is C24H40Br2O4. The molecule has 0 aromatic rings. The van der Waals surface area contributed by atoms with Crippen LogP contribution in [0.2, 0.25) is 0 Å². The highest BCUT2D eigenvalue weighted by atomic mass is 79.9. The summed E-state index contributed by atoms with van der Waals surface area (Å²) >= 11 is 6.79. The van der Waals surface area contributed by atoms with E-state index >= 15 is 0 Å². The summed E-state index contributed by atoms with van der Waals surface area (Å²) in [5.74, 6) is 5.87. The Morgan fingerprint density at radius 1 is 0.833 bits per heavy atom. The van der Waals surface area contributed by atoms with Gasteiger partial charge in [-0.3, -0.25) is 0 Å². The van der Waals surface area contributed by atoms with Crippen LogP contribution in [0.25, 0.3) is 0 Å². The van der Waals surface area contributed by atoms with Crippen LogP contribution in [0.4, 0.5) is 0 Å². The lowest BCUT2D eigenvalue weighted by Crippen LogP contribution is -2.39. The van der Waals surface area contributed by atoms with Crippen LogP contribution in [0, 0.1) is 11.8 Å². The number of rotatable bonds is 12. The first-order valence-electron chi connectivity index (χ1n) is 10.6. The summed E-state index contributed by atoms with van der Waals surface area (Å²) in [6.07, 6.45) is 10.8. The Kier molecular flexibility index (Phi) is 24.6. The van der Waals surface area contributed by atoms with Gasteiger partial charge >= 0.3 is 0 Å². The van der Waals surface area contributed by atoms with Gasteiger partial charge in [-0.25, -0.2) is 0 Å². The van der Waals surface area contributed by atoms with Crippen molar-refractivity contribution in [3.63, 3.8) is 0 Å². The molecule has 0 bridgehead atoms. The lowest BCUT2D eigenvalue weighted by Gasteiger charge is -2.32. The summed E-state index contributed by atoms with van der Waals surface area (Å²) in [7, 11) is 0. The number of ether oxygens (including phenoxy) is 2. The predicted molar refractivity (Wildman–Crippen MR) is 135 cm³/mol. The maximum atomic E-state index is 7.91. The van der Waals surface area contributed by atoms with Crippen molar-refractivity contribution in [1.82, 2.24) is 0 Å². The monoisotopic (exact) mass is 550 g/mol. The van der Waals surface area contributed by atoms with E-state index in [1.807, 2.05) is 0 Å². The van der Waals surface area contributed by atoms with Crippen molar-refractivity contribution in [3.8, 4) is 11.8 Å². The van der Waals surface area contributed by atoms with Gasteiger partial charge in [0.1, 0.15) is 0 Å². The Morgan fingerprint density at radius 3 is 1.83 bits per heavy atom. The molecule has 30 heavy (non-hydrogen) atoms. The second kappa shape index (κ2) is 23.2. The Morgan fingerprint density at radius 2 is 1.37 bits per heavy atom. The average Bonchev–Trinajstić information content (AvgIpc) is 2.73. The first-order chi connectivity index (χ1) is 14.5. The third-order valence-corrected chi connectivity index (χ3v) is 4.80. The fraction of sp³-hybridized carbons (Fsp3) is 0.667. The van der Waals surface area contributed by atoms with E-state index in [-0.39, 0.29) is 13.2 Å². The number of halogens is 2. The largest absolute Gasteiger partial charge is 0.396 e. The van der Waals surface area contributed by atoms with Gasteiger partial charge in [-0.2, -0.15) is 0 Å². The Balaban J connectivity index is 0. The molecule has 0 aliphatic carbocycles. The van der Waals surface area contributed by atoms with Crippen LogP contribution in [0.3, 0.4) is 0 Å². The summed E-state index contributed by atoms with van der Waals surface area (Å²) in [6, 6.07) is 0. The van der Waals surface area contributed by atoms with Crippen LogP contribution in [0.15, 0.2) is 35.3 Å². The zero-order valence-corrected chi connectivity index (χ0v) is 21.6. The van der Waals surface area contributed by atoms with Gasteiger partial charge in [0.25, 0.3) is 0 Å². The second-order valence-corrected chi connectivity index (χ2v) is 8.95. The zero-order chi connectivity index (χ0) is 23.1. The summed E-state index contributed by atoms with van der Waals surface area (Å²) < 4.78 is 13.9. The molecule has 0 radical (unpaired) electrons. The fourth-order valence-corrected chi connectivity index (χ4v) is 3.06. The Hall–Kier alpha value is -0.420. The number of aliphatic hydroxyl groups excluding tert-OH is 2. The minimum atomic E-state index is -0.671. The predicted octanol–water partition coefficient (Wildman–Crippen LogP) is 6.61. The van der Waals surface area contributed by atoms with Crippen LogP contribution in [-0.2, 0) is 9.47 Å². The Labute approximate surface area is 201 Å². The van der Waals surface area contributed by atoms with E-state index in [2.05, 4.69) is 70.0 Å². The van der Waals surface area contributed by atoms with Gasteiger partial charge in [0.2, 0.25) is 5.79 Å². The van der Waals surface area contributed by atoms with Gasteiger partial charge in [-0.1, -0.05) is 57.4 Å². The van der Waals surface area contributed by atoms with Crippen LogP contribution in [0.5, 0.6) is 0 Å². The molecular weight excluding hydrogens is 512 g/mol. The molecule has 4 nitrogen and oxygen atoms in total. The van der Waals surface area contributed by atoms with Crippen molar-refractivity contribution in [3.05, 3.63) is 35.3 Å². The van der Waals surface area contributed by atoms with Gasteiger partial charge < -0.3 is 19.7 Å². The molecule has 1 fully saturated rings. The smallest absolute Gasteiger partial charge is 0.233 e. The van der Waals surface area contributed by atoms with Crippen molar-refractivity contribution < 1.29 is 19.7 Å².